The summed E-state index contributed by atoms with van der Waals surface area (Å²) in [6.45, 7) is 1.79. The number of thiophene rings is 1. The predicted molar refractivity (Wildman–Crippen MR) is 107 cm³/mol. The molecule has 0 fully saturated rings. The van der Waals surface area contributed by atoms with Crippen LogP contribution in [0.3, 0.4) is 0 Å². The highest BCUT2D eigenvalue weighted by Crippen LogP contribution is 2.30. The molecule has 0 radical (unpaired) electrons. The number of fused-ring (bicyclic) bond motifs is 4. The van der Waals surface area contributed by atoms with Gasteiger partial charge in [-0.1, -0.05) is 18.2 Å². The Kier molecular flexibility index (Phi) is 3.12. The zero-order chi connectivity index (χ0) is 17.8. The van der Waals surface area contributed by atoms with Crippen LogP contribution in [0, 0.1) is 0 Å². The number of hydrogen-bond donors (Lipinski definition) is 1. The molecule has 1 aliphatic rings. The molecule has 0 atom stereocenters. The van der Waals surface area contributed by atoms with E-state index in [4.69, 9.17) is 5.10 Å². The normalized spacial score (nSPS) is 14.1. The lowest BCUT2D eigenvalue weighted by Crippen LogP contribution is -2.31. The number of nitrogens with one attached hydrogen (secondary N) is 1. The van der Waals surface area contributed by atoms with Crippen LogP contribution in [-0.4, -0.2) is 31.3 Å². The minimum absolute atomic E-state index is 0.768. The molecule has 0 unspecified atom stereocenters. The summed E-state index contributed by atoms with van der Waals surface area (Å²) in [6, 6.07) is 14.6. The standard InChI is InChI=1S/C20H16N6S/c1-2-4-16-14(3-1)15-11-25(9-7-17(15)21-16)19-6-5-18-22-23-20(26(18)24-19)13-8-10-27-12-13/h1-6,8,10,12,21H,7,9,11H2. The van der Waals surface area contributed by atoms with Gasteiger partial charge in [-0.15, -0.1) is 15.3 Å². The highest BCUT2D eigenvalue weighted by molar-refractivity contribution is 7.08. The molecule has 0 saturated carbocycles. The van der Waals surface area contributed by atoms with Gasteiger partial charge in [0.15, 0.2) is 11.5 Å². The van der Waals surface area contributed by atoms with E-state index in [1.54, 1.807) is 11.3 Å². The molecule has 132 valence electrons. The number of rotatable bonds is 2. The fraction of sp³-hybridized carbons (Fsp3) is 0.150. The third-order valence-electron chi connectivity index (χ3n) is 5.23. The van der Waals surface area contributed by atoms with Crippen LogP contribution in [0.15, 0.2) is 53.2 Å². The molecule has 5 heterocycles. The van der Waals surface area contributed by atoms with Gasteiger partial charge in [-0.2, -0.15) is 15.9 Å². The molecular formula is C20H16N6S. The minimum atomic E-state index is 0.768. The number of aromatic amines is 1. The highest BCUT2D eigenvalue weighted by atomic mass is 32.1. The summed E-state index contributed by atoms with van der Waals surface area (Å²) in [7, 11) is 0. The molecule has 1 aliphatic heterocycles. The number of H-pyrrole nitrogens is 1. The molecule has 1 aromatic carbocycles. The zero-order valence-electron chi connectivity index (χ0n) is 14.5. The van der Waals surface area contributed by atoms with Gasteiger partial charge in [0.05, 0.1) is 0 Å². The van der Waals surface area contributed by atoms with Crippen LogP contribution in [0.25, 0.3) is 27.9 Å². The lowest BCUT2D eigenvalue weighted by molar-refractivity contribution is 0.704. The van der Waals surface area contributed by atoms with Crippen molar-refractivity contribution in [2.75, 3.05) is 11.4 Å². The Hall–Kier alpha value is -3.19. The summed E-state index contributed by atoms with van der Waals surface area (Å²) in [4.78, 5) is 5.90. The van der Waals surface area contributed by atoms with E-state index >= 15 is 0 Å². The van der Waals surface area contributed by atoms with Gasteiger partial charge in [-0.05, 0) is 29.6 Å². The zero-order valence-corrected chi connectivity index (χ0v) is 15.3. The maximum absolute atomic E-state index is 4.86. The molecule has 0 aliphatic carbocycles. The lowest BCUT2D eigenvalue weighted by atomic mass is 10.0. The molecule has 6 nitrogen and oxygen atoms in total. The lowest BCUT2D eigenvalue weighted by Gasteiger charge is -2.28. The van der Waals surface area contributed by atoms with E-state index in [0.29, 0.717) is 0 Å². The van der Waals surface area contributed by atoms with Crippen molar-refractivity contribution in [3.8, 4) is 11.4 Å². The number of para-hydroxylation sites is 1. The first kappa shape index (κ1) is 14.9. The van der Waals surface area contributed by atoms with Crippen LogP contribution >= 0.6 is 11.3 Å². The molecule has 4 aromatic heterocycles. The Balaban J connectivity index is 1.42. The molecule has 0 bridgehead atoms. The largest absolute Gasteiger partial charge is 0.358 e. The Morgan fingerprint density at radius 1 is 1.04 bits per heavy atom. The Morgan fingerprint density at radius 2 is 2.00 bits per heavy atom. The van der Waals surface area contributed by atoms with E-state index in [1.807, 2.05) is 22.0 Å². The van der Waals surface area contributed by atoms with Gasteiger partial charge in [0, 0.05) is 52.6 Å². The average Bonchev–Trinajstić information content (AvgIpc) is 3.44. The van der Waals surface area contributed by atoms with Crippen molar-refractivity contribution in [1.29, 1.82) is 0 Å². The maximum Gasteiger partial charge on any atom is 0.186 e. The predicted octanol–water partition coefficient (Wildman–Crippen LogP) is 3.90. The smallest absolute Gasteiger partial charge is 0.186 e. The molecular weight excluding hydrogens is 356 g/mol. The van der Waals surface area contributed by atoms with Crippen LogP contribution in [0.1, 0.15) is 11.3 Å². The monoisotopic (exact) mass is 372 g/mol. The second kappa shape index (κ2) is 5.65. The van der Waals surface area contributed by atoms with Crippen LogP contribution in [-0.2, 0) is 13.0 Å². The van der Waals surface area contributed by atoms with Gasteiger partial charge in [-0.3, -0.25) is 0 Å². The van der Waals surface area contributed by atoms with Gasteiger partial charge < -0.3 is 9.88 Å². The van der Waals surface area contributed by atoms with Gasteiger partial charge in [-0.25, -0.2) is 0 Å². The summed E-state index contributed by atoms with van der Waals surface area (Å²) in [6.07, 6.45) is 0.989. The average molecular weight is 372 g/mol. The van der Waals surface area contributed by atoms with Crippen molar-refractivity contribution in [3.63, 3.8) is 0 Å². The van der Waals surface area contributed by atoms with Crippen molar-refractivity contribution in [3.05, 3.63) is 64.5 Å². The molecule has 0 amide bonds. The number of nitrogens with zero attached hydrogens (tertiary/aromatic N) is 5. The molecule has 1 N–H and O–H groups in total. The molecule has 0 spiro atoms. The van der Waals surface area contributed by atoms with E-state index in [9.17, 15) is 0 Å². The Bertz CT molecular complexity index is 1270. The van der Waals surface area contributed by atoms with E-state index in [0.717, 1.165) is 42.4 Å². The Labute approximate surface area is 159 Å². The van der Waals surface area contributed by atoms with Crippen LogP contribution in [0.4, 0.5) is 5.82 Å². The first-order valence-corrected chi connectivity index (χ1v) is 9.89. The van der Waals surface area contributed by atoms with E-state index in [-0.39, 0.29) is 0 Å². The van der Waals surface area contributed by atoms with Crippen LogP contribution in [0.2, 0.25) is 0 Å². The minimum Gasteiger partial charge on any atom is -0.358 e. The van der Waals surface area contributed by atoms with Gasteiger partial charge in [0.2, 0.25) is 0 Å². The quantitative estimate of drug-likeness (QED) is 0.511. The summed E-state index contributed by atoms with van der Waals surface area (Å²) < 4.78 is 1.85. The van der Waals surface area contributed by atoms with Gasteiger partial charge in [0.25, 0.3) is 0 Å². The van der Waals surface area contributed by atoms with Gasteiger partial charge >= 0.3 is 0 Å². The van der Waals surface area contributed by atoms with Crippen molar-refractivity contribution in [2.24, 2.45) is 0 Å². The third-order valence-corrected chi connectivity index (χ3v) is 5.92. The first-order valence-electron chi connectivity index (χ1n) is 8.95. The topological polar surface area (TPSA) is 62.1 Å². The summed E-state index contributed by atoms with van der Waals surface area (Å²) in [5.41, 5.74) is 5.75. The molecule has 0 saturated heterocycles. The van der Waals surface area contributed by atoms with Crippen molar-refractivity contribution in [2.45, 2.75) is 13.0 Å². The van der Waals surface area contributed by atoms with E-state index < -0.39 is 0 Å². The summed E-state index contributed by atoms with van der Waals surface area (Å²) >= 11 is 1.65. The van der Waals surface area contributed by atoms with Crippen molar-refractivity contribution < 1.29 is 0 Å². The fourth-order valence-electron chi connectivity index (χ4n) is 3.88. The summed E-state index contributed by atoms with van der Waals surface area (Å²) in [5, 5.41) is 18.9. The van der Waals surface area contributed by atoms with Gasteiger partial charge in [0.1, 0.15) is 5.82 Å². The fourth-order valence-corrected chi connectivity index (χ4v) is 4.52. The van der Waals surface area contributed by atoms with Crippen LogP contribution in [0.5, 0.6) is 0 Å². The summed E-state index contributed by atoms with van der Waals surface area (Å²) in [5.74, 6) is 1.74. The third kappa shape index (κ3) is 2.28. The molecule has 6 rings (SSSR count). The van der Waals surface area contributed by atoms with E-state index in [1.165, 1.54) is 22.2 Å². The number of anilines is 1. The second-order valence-electron chi connectivity index (χ2n) is 6.80. The molecule has 27 heavy (non-hydrogen) atoms. The maximum atomic E-state index is 4.86. The van der Waals surface area contributed by atoms with E-state index in [2.05, 4.69) is 55.8 Å². The van der Waals surface area contributed by atoms with Crippen molar-refractivity contribution >= 4 is 33.7 Å². The van der Waals surface area contributed by atoms with Crippen molar-refractivity contribution in [1.82, 2.24) is 24.8 Å². The Morgan fingerprint density at radius 3 is 2.93 bits per heavy atom. The molecule has 5 aromatic rings. The number of benzene rings is 1. The first-order chi connectivity index (χ1) is 13.4. The number of hydrogen-bond acceptors (Lipinski definition) is 5. The SMILES string of the molecule is c1ccc2c3c([nH]c2c1)CCN(c1ccc2nnc(-c4ccsc4)n2n1)C3. The highest BCUT2D eigenvalue weighted by Gasteiger charge is 2.22. The second-order valence-corrected chi connectivity index (χ2v) is 7.58. The molecule has 7 heteroatoms. The van der Waals surface area contributed by atoms with Crippen LogP contribution < -0.4 is 4.90 Å². The number of aromatic nitrogens is 5.